The molecule has 0 aliphatic carbocycles. The highest BCUT2D eigenvalue weighted by Gasteiger charge is 2.20. The Hall–Kier alpha value is -2.24. The maximum Gasteiger partial charge on any atom is 0.317 e. The summed E-state index contributed by atoms with van der Waals surface area (Å²) < 4.78 is 0. The second-order valence-corrected chi connectivity index (χ2v) is 5.54. The number of carboxylic acid groups (broad SMARTS) is 1. The van der Waals surface area contributed by atoms with Crippen LogP contribution in [0, 0.1) is 6.92 Å². The number of piperazine rings is 1. The first-order valence-corrected chi connectivity index (χ1v) is 7.62. The zero-order valence-corrected chi connectivity index (χ0v) is 12.9. The molecule has 1 aliphatic heterocycles. The molecule has 1 aromatic rings. The number of carbonyl (C=O) groups excluding carboxylic acids is 1. The van der Waals surface area contributed by atoms with Crippen molar-refractivity contribution in [3.8, 4) is 0 Å². The fraction of sp³-hybridized carbons (Fsp3) is 0.500. The number of aliphatic carboxylic acids is 1. The number of amides is 2. The van der Waals surface area contributed by atoms with Crippen molar-refractivity contribution in [3.63, 3.8) is 0 Å². The number of urea groups is 1. The van der Waals surface area contributed by atoms with Gasteiger partial charge in [-0.2, -0.15) is 0 Å². The molecule has 2 N–H and O–H groups in total. The van der Waals surface area contributed by atoms with Gasteiger partial charge in [-0.3, -0.25) is 4.79 Å². The van der Waals surface area contributed by atoms with E-state index >= 15 is 0 Å². The fourth-order valence-electron chi connectivity index (χ4n) is 2.54. The van der Waals surface area contributed by atoms with E-state index in [1.165, 1.54) is 11.3 Å². The van der Waals surface area contributed by atoms with Gasteiger partial charge in [0.05, 0.1) is 0 Å². The van der Waals surface area contributed by atoms with Gasteiger partial charge >= 0.3 is 12.0 Å². The first-order chi connectivity index (χ1) is 10.6. The summed E-state index contributed by atoms with van der Waals surface area (Å²) in [7, 11) is 0. The first kappa shape index (κ1) is 16.1. The van der Waals surface area contributed by atoms with Crippen molar-refractivity contribution in [2.45, 2.75) is 19.8 Å². The summed E-state index contributed by atoms with van der Waals surface area (Å²) in [5.41, 5.74) is 2.43. The largest absolute Gasteiger partial charge is 0.481 e. The second kappa shape index (κ2) is 7.68. The topological polar surface area (TPSA) is 72.9 Å². The van der Waals surface area contributed by atoms with Gasteiger partial charge in [0.25, 0.3) is 0 Å². The van der Waals surface area contributed by atoms with E-state index in [0.29, 0.717) is 26.1 Å². The molecule has 1 aromatic carbocycles. The van der Waals surface area contributed by atoms with Gasteiger partial charge in [0.2, 0.25) is 0 Å². The van der Waals surface area contributed by atoms with Crippen LogP contribution in [0.2, 0.25) is 0 Å². The number of carboxylic acids is 1. The molecule has 0 atom stereocenters. The van der Waals surface area contributed by atoms with Crippen LogP contribution < -0.4 is 10.2 Å². The second-order valence-electron chi connectivity index (χ2n) is 5.54. The van der Waals surface area contributed by atoms with Crippen molar-refractivity contribution in [1.29, 1.82) is 0 Å². The first-order valence-electron chi connectivity index (χ1n) is 7.62. The van der Waals surface area contributed by atoms with E-state index in [1.807, 2.05) is 6.07 Å². The van der Waals surface area contributed by atoms with Gasteiger partial charge in [-0.05, 0) is 31.0 Å². The highest BCUT2D eigenvalue weighted by Crippen LogP contribution is 2.17. The van der Waals surface area contributed by atoms with Crippen LogP contribution in [-0.2, 0) is 4.79 Å². The lowest BCUT2D eigenvalue weighted by molar-refractivity contribution is -0.137. The number of anilines is 1. The minimum absolute atomic E-state index is 0.0847. The SMILES string of the molecule is Cc1cccc(N2CCN(C(=O)NCCCC(=O)O)CC2)c1. The maximum atomic E-state index is 12.0. The van der Waals surface area contributed by atoms with E-state index in [-0.39, 0.29) is 12.5 Å². The Morgan fingerprint density at radius 3 is 2.59 bits per heavy atom. The van der Waals surface area contributed by atoms with Crippen LogP contribution in [-0.4, -0.2) is 54.7 Å². The molecule has 1 aliphatic rings. The normalized spacial score (nSPS) is 14.8. The number of nitrogens with zero attached hydrogens (tertiary/aromatic N) is 2. The van der Waals surface area contributed by atoms with E-state index in [1.54, 1.807) is 4.90 Å². The number of benzene rings is 1. The summed E-state index contributed by atoms with van der Waals surface area (Å²) in [4.78, 5) is 26.5. The van der Waals surface area contributed by atoms with Crippen LogP contribution in [0.4, 0.5) is 10.5 Å². The van der Waals surface area contributed by atoms with Gasteiger partial charge in [-0.15, -0.1) is 0 Å². The maximum absolute atomic E-state index is 12.0. The third-order valence-electron chi connectivity index (χ3n) is 3.78. The molecule has 6 nitrogen and oxygen atoms in total. The number of nitrogens with one attached hydrogen (secondary N) is 1. The number of rotatable bonds is 5. The van der Waals surface area contributed by atoms with Gasteiger partial charge < -0.3 is 20.2 Å². The number of hydrogen-bond donors (Lipinski definition) is 2. The van der Waals surface area contributed by atoms with E-state index < -0.39 is 5.97 Å². The average molecular weight is 305 g/mol. The molecule has 2 amide bonds. The molecule has 1 heterocycles. The van der Waals surface area contributed by atoms with Crippen molar-refractivity contribution in [3.05, 3.63) is 29.8 Å². The highest BCUT2D eigenvalue weighted by atomic mass is 16.4. The van der Waals surface area contributed by atoms with E-state index in [9.17, 15) is 9.59 Å². The molecule has 0 aromatic heterocycles. The molecule has 0 radical (unpaired) electrons. The molecule has 1 fully saturated rings. The molecule has 120 valence electrons. The van der Waals surface area contributed by atoms with Crippen LogP contribution in [0.25, 0.3) is 0 Å². The molecular weight excluding hydrogens is 282 g/mol. The lowest BCUT2D eigenvalue weighted by atomic mass is 10.2. The fourth-order valence-corrected chi connectivity index (χ4v) is 2.54. The lowest BCUT2D eigenvalue weighted by Gasteiger charge is -2.36. The predicted molar refractivity (Wildman–Crippen MR) is 85.2 cm³/mol. The number of carbonyl (C=O) groups is 2. The molecule has 0 saturated carbocycles. The minimum Gasteiger partial charge on any atom is -0.481 e. The van der Waals surface area contributed by atoms with Crippen molar-refractivity contribution < 1.29 is 14.7 Å². The molecule has 0 spiro atoms. The molecule has 2 rings (SSSR count). The molecular formula is C16H23N3O3. The van der Waals surface area contributed by atoms with E-state index in [2.05, 4.69) is 35.3 Å². The van der Waals surface area contributed by atoms with Crippen LogP contribution in [0.5, 0.6) is 0 Å². The third kappa shape index (κ3) is 4.65. The van der Waals surface area contributed by atoms with Gasteiger partial charge in [0.1, 0.15) is 0 Å². The summed E-state index contributed by atoms with van der Waals surface area (Å²) >= 11 is 0. The van der Waals surface area contributed by atoms with Crippen LogP contribution in [0.15, 0.2) is 24.3 Å². The summed E-state index contributed by atoms with van der Waals surface area (Å²) in [5.74, 6) is -0.832. The van der Waals surface area contributed by atoms with E-state index in [4.69, 9.17) is 5.11 Å². The highest BCUT2D eigenvalue weighted by molar-refractivity contribution is 5.74. The van der Waals surface area contributed by atoms with E-state index in [0.717, 1.165) is 13.1 Å². The Morgan fingerprint density at radius 1 is 1.23 bits per heavy atom. The van der Waals surface area contributed by atoms with Crippen molar-refractivity contribution in [2.75, 3.05) is 37.6 Å². The van der Waals surface area contributed by atoms with Crippen molar-refractivity contribution >= 4 is 17.7 Å². The van der Waals surface area contributed by atoms with Crippen LogP contribution in [0.1, 0.15) is 18.4 Å². The minimum atomic E-state index is -0.832. The molecule has 1 saturated heterocycles. The van der Waals surface area contributed by atoms with Gasteiger partial charge in [0, 0.05) is 44.8 Å². The number of hydrogen-bond acceptors (Lipinski definition) is 3. The lowest BCUT2D eigenvalue weighted by Crippen LogP contribution is -2.52. The van der Waals surface area contributed by atoms with Crippen LogP contribution >= 0.6 is 0 Å². The average Bonchev–Trinajstić information content (AvgIpc) is 2.51. The summed E-state index contributed by atoms with van der Waals surface area (Å²) in [6.45, 7) is 5.46. The molecule has 0 unspecified atom stereocenters. The summed E-state index contributed by atoms with van der Waals surface area (Å²) in [6, 6.07) is 8.27. The Morgan fingerprint density at radius 2 is 1.95 bits per heavy atom. The third-order valence-corrected chi connectivity index (χ3v) is 3.78. The molecule has 0 bridgehead atoms. The molecule has 22 heavy (non-hydrogen) atoms. The Kier molecular flexibility index (Phi) is 5.63. The Balaban J connectivity index is 1.74. The van der Waals surface area contributed by atoms with Gasteiger partial charge in [-0.25, -0.2) is 4.79 Å². The van der Waals surface area contributed by atoms with Crippen LogP contribution in [0.3, 0.4) is 0 Å². The van der Waals surface area contributed by atoms with Gasteiger partial charge in [-0.1, -0.05) is 12.1 Å². The monoisotopic (exact) mass is 305 g/mol. The number of aryl methyl sites for hydroxylation is 1. The van der Waals surface area contributed by atoms with Crippen molar-refractivity contribution in [2.24, 2.45) is 0 Å². The van der Waals surface area contributed by atoms with Gasteiger partial charge in [0.15, 0.2) is 0 Å². The Labute approximate surface area is 130 Å². The zero-order chi connectivity index (χ0) is 15.9. The predicted octanol–water partition coefficient (Wildman–Crippen LogP) is 1.69. The Bertz CT molecular complexity index is 525. The van der Waals surface area contributed by atoms with Crippen molar-refractivity contribution in [1.82, 2.24) is 10.2 Å². The molecule has 6 heteroatoms. The quantitative estimate of drug-likeness (QED) is 0.812. The smallest absolute Gasteiger partial charge is 0.317 e. The zero-order valence-electron chi connectivity index (χ0n) is 12.9. The standard InChI is InChI=1S/C16H23N3O3/c1-13-4-2-5-14(12-13)18-8-10-19(11-9-18)16(22)17-7-3-6-15(20)21/h2,4-5,12H,3,6-11H2,1H3,(H,17,22)(H,20,21). The summed E-state index contributed by atoms with van der Waals surface area (Å²) in [6.07, 6.45) is 0.547. The summed E-state index contributed by atoms with van der Waals surface area (Å²) in [5, 5.41) is 11.3.